The first-order valence-corrected chi connectivity index (χ1v) is 8.66. The highest BCUT2D eigenvalue weighted by Gasteiger charge is 2.21. The highest BCUT2D eigenvalue weighted by atomic mass is 19.1. The molecule has 0 amide bonds. The molecule has 0 radical (unpaired) electrons. The summed E-state index contributed by atoms with van der Waals surface area (Å²) in [5.41, 5.74) is 1.49. The third-order valence-corrected chi connectivity index (χ3v) is 4.04. The van der Waals surface area contributed by atoms with E-state index in [0.717, 1.165) is 30.5 Å². The van der Waals surface area contributed by atoms with Crippen LogP contribution in [0.5, 0.6) is 0 Å². The van der Waals surface area contributed by atoms with Crippen LogP contribution in [0.2, 0.25) is 0 Å². The van der Waals surface area contributed by atoms with Gasteiger partial charge in [-0.2, -0.15) is 0 Å². The standard InChI is InChI=1S/C17H20FNO3.C2H6O/c1-11-16(10-21-15-4-2-3-14(20)9-15)19-17(22-11)12-5-7-13(18)8-6-12;1-2-3/h5-8,14-15,20H,2-4,9-10H2,1H3;3H,2H2,1H3. The lowest BCUT2D eigenvalue weighted by atomic mass is 9.95. The van der Waals surface area contributed by atoms with Crippen LogP contribution in [-0.4, -0.2) is 34.0 Å². The Kier molecular flexibility index (Phi) is 7.55. The molecule has 1 aliphatic carbocycles. The summed E-state index contributed by atoms with van der Waals surface area (Å²) in [5.74, 6) is 0.891. The van der Waals surface area contributed by atoms with E-state index in [9.17, 15) is 9.50 Å². The lowest BCUT2D eigenvalue weighted by molar-refractivity contribution is -0.0240. The van der Waals surface area contributed by atoms with Gasteiger partial charge in [-0.1, -0.05) is 0 Å². The number of oxazole rings is 1. The van der Waals surface area contributed by atoms with Crippen molar-refractivity contribution in [2.45, 2.75) is 58.3 Å². The van der Waals surface area contributed by atoms with Gasteiger partial charge in [0.25, 0.3) is 0 Å². The molecule has 0 saturated heterocycles. The van der Waals surface area contributed by atoms with Crippen molar-refractivity contribution in [3.63, 3.8) is 0 Å². The minimum atomic E-state index is -0.286. The first-order chi connectivity index (χ1) is 12.0. The van der Waals surface area contributed by atoms with Crippen LogP contribution in [0.25, 0.3) is 11.5 Å². The first-order valence-electron chi connectivity index (χ1n) is 8.66. The van der Waals surface area contributed by atoms with E-state index in [4.69, 9.17) is 14.3 Å². The number of aryl methyl sites for hydroxylation is 1. The highest BCUT2D eigenvalue weighted by molar-refractivity contribution is 5.53. The summed E-state index contributed by atoms with van der Waals surface area (Å²) >= 11 is 0. The molecule has 2 unspecified atom stereocenters. The van der Waals surface area contributed by atoms with Gasteiger partial charge in [-0.05, 0) is 63.8 Å². The number of hydrogen-bond acceptors (Lipinski definition) is 5. The fourth-order valence-electron chi connectivity index (χ4n) is 2.75. The van der Waals surface area contributed by atoms with Gasteiger partial charge in [0.2, 0.25) is 5.89 Å². The van der Waals surface area contributed by atoms with Crippen molar-refractivity contribution >= 4 is 0 Å². The molecule has 1 saturated carbocycles. The second-order valence-electron chi connectivity index (χ2n) is 6.10. The van der Waals surface area contributed by atoms with E-state index in [1.165, 1.54) is 12.1 Å². The maximum Gasteiger partial charge on any atom is 0.226 e. The molecule has 1 heterocycles. The molecule has 1 fully saturated rings. The SMILES string of the molecule is CCO.Cc1oc(-c2ccc(F)cc2)nc1COC1CCCC(O)C1. The van der Waals surface area contributed by atoms with E-state index in [-0.39, 0.29) is 24.6 Å². The topological polar surface area (TPSA) is 75.7 Å². The van der Waals surface area contributed by atoms with E-state index in [2.05, 4.69) is 4.98 Å². The molecule has 1 aromatic carbocycles. The molecule has 6 heteroatoms. The van der Waals surface area contributed by atoms with Gasteiger partial charge in [0, 0.05) is 12.2 Å². The predicted molar refractivity (Wildman–Crippen MR) is 92.4 cm³/mol. The number of rotatable bonds is 4. The molecule has 0 aliphatic heterocycles. The Balaban J connectivity index is 0.000000701. The molecular formula is C19H26FNO4. The minimum absolute atomic E-state index is 0.0779. The Hall–Kier alpha value is -1.76. The molecule has 0 spiro atoms. The normalized spacial score (nSPS) is 20.0. The highest BCUT2D eigenvalue weighted by Crippen LogP contribution is 2.25. The number of ether oxygens (including phenoxy) is 1. The van der Waals surface area contributed by atoms with E-state index in [1.807, 2.05) is 6.92 Å². The summed E-state index contributed by atoms with van der Waals surface area (Å²) in [4.78, 5) is 4.44. The Morgan fingerprint density at radius 3 is 2.60 bits per heavy atom. The summed E-state index contributed by atoms with van der Waals surface area (Å²) < 4.78 is 24.4. The van der Waals surface area contributed by atoms with Crippen LogP contribution >= 0.6 is 0 Å². The summed E-state index contributed by atoms with van der Waals surface area (Å²) in [7, 11) is 0. The number of aromatic nitrogens is 1. The average Bonchev–Trinajstić information content (AvgIpc) is 2.95. The molecule has 1 aromatic heterocycles. The second-order valence-corrected chi connectivity index (χ2v) is 6.10. The summed E-state index contributed by atoms with van der Waals surface area (Å²) in [6, 6.07) is 6.05. The van der Waals surface area contributed by atoms with Crippen molar-refractivity contribution in [1.82, 2.24) is 4.98 Å². The average molecular weight is 351 g/mol. The molecule has 2 aromatic rings. The predicted octanol–water partition coefficient (Wildman–Crippen LogP) is 3.61. The van der Waals surface area contributed by atoms with E-state index >= 15 is 0 Å². The molecule has 5 nitrogen and oxygen atoms in total. The monoisotopic (exact) mass is 351 g/mol. The number of nitrogens with zero attached hydrogens (tertiary/aromatic N) is 1. The second kappa shape index (κ2) is 9.65. The van der Waals surface area contributed by atoms with Crippen LogP contribution in [0.1, 0.15) is 44.1 Å². The molecule has 2 atom stereocenters. The van der Waals surface area contributed by atoms with Gasteiger partial charge >= 0.3 is 0 Å². The lowest BCUT2D eigenvalue weighted by Crippen LogP contribution is -2.25. The van der Waals surface area contributed by atoms with Gasteiger partial charge in [0.15, 0.2) is 0 Å². The van der Waals surface area contributed by atoms with Crippen LogP contribution in [-0.2, 0) is 11.3 Å². The van der Waals surface area contributed by atoms with Crippen molar-refractivity contribution in [2.24, 2.45) is 0 Å². The van der Waals surface area contributed by atoms with E-state index < -0.39 is 0 Å². The zero-order valence-electron chi connectivity index (χ0n) is 14.7. The van der Waals surface area contributed by atoms with Crippen LogP contribution in [0.3, 0.4) is 0 Å². The number of halogens is 1. The van der Waals surface area contributed by atoms with Gasteiger partial charge in [0.05, 0.1) is 18.8 Å². The van der Waals surface area contributed by atoms with Crippen LogP contribution in [0.4, 0.5) is 4.39 Å². The first kappa shape index (κ1) is 19.6. The summed E-state index contributed by atoms with van der Waals surface area (Å²) in [6.07, 6.45) is 3.32. The maximum absolute atomic E-state index is 13.0. The lowest BCUT2D eigenvalue weighted by Gasteiger charge is -2.25. The minimum Gasteiger partial charge on any atom is -0.441 e. The third kappa shape index (κ3) is 5.92. The van der Waals surface area contributed by atoms with Crippen LogP contribution < -0.4 is 0 Å². The molecule has 138 valence electrons. The fraction of sp³-hybridized carbons (Fsp3) is 0.526. The Bertz CT molecular complexity index is 641. The molecule has 0 bridgehead atoms. The Morgan fingerprint density at radius 2 is 1.96 bits per heavy atom. The Morgan fingerprint density at radius 1 is 1.28 bits per heavy atom. The number of aliphatic hydroxyl groups is 2. The number of aliphatic hydroxyl groups excluding tert-OH is 2. The van der Waals surface area contributed by atoms with Crippen molar-refractivity contribution < 1.29 is 23.8 Å². The zero-order valence-corrected chi connectivity index (χ0v) is 14.7. The molecule has 25 heavy (non-hydrogen) atoms. The van der Waals surface area contributed by atoms with Crippen LogP contribution in [0, 0.1) is 12.7 Å². The maximum atomic E-state index is 13.0. The quantitative estimate of drug-likeness (QED) is 0.880. The fourth-order valence-corrected chi connectivity index (χ4v) is 2.75. The van der Waals surface area contributed by atoms with E-state index in [1.54, 1.807) is 19.1 Å². The molecule has 1 aliphatic rings. The van der Waals surface area contributed by atoms with Gasteiger partial charge in [0.1, 0.15) is 17.3 Å². The zero-order chi connectivity index (χ0) is 18.2. The van der Waals surface area contributed by atoms with Crippen molar-refractivity contribution in [3.8, 4) is 11.5 Å². The smallest absolute Gasteiger partial charge is 0.226 e. The van der Waals surface area contributed by atoms with Crippen molar-refractivity contribution in [1.29, 1.82) is 0 Å². The number of hydrogen-bond donors (Lipinski definition) is 2. The van der Waals surface area contributed by atoms with Crippen LogP contribution in [0.15, 0.2) is 28.7 Å². The van der Waals surface area contributed by atoms with Gasteiger partial charge in [-0.15, -0.1) is 0 Å². The Labute approximate surface area is 147 Å². The van der Waals surface area contributed by atoms with E-state index in [0.29, 0.717) is 24.7 Å². The summed E-state index contributed by atoms with van der Waals surface area (Å²) in [5, 5.41) is 17.2. The third-order valence-electron chi connectivity index (χ3n) is 4.04. The number of benzene rings is 1. The van der Waals surface area contributed by atoms with Crippen molar-refractivity contribution in [3.05, 3.63) is 41.5 Å². The van der Waals surface area contributed by atoms with Crippen molar-refractivity contribution in [2.75, 3.05) is 6.61 Å². The largest absolute Gasteiger partial charge is 0.441 e. The molecule has 2 N–H and O–H groups in total. The molecular weight excluding hydrogens is 325 g/mol. The van der Waals surface area contributed by atoms with Gasteiger partial charge in [-0.3, -0.25) is 0 Å². The van der Waals surface area contributed by atoms with Gasteiger partial charge < -0.3 is 19.4 Å². The molecule has 3 rings (SSSR count). The summed E-state index contributed by atoms with van der Waals surface area (Å²) in [6.45, 7) is 4.14. The van der Waals surface area contributed by atoms with Gasteiger partial charge in [-0.25, -0.2) is 9.37 Å².